The molecule has 0 aromatic heterocycles. The van der Waals surface area contributed by atoms with E-state index in [0.29, 0.717) is 5.78 Å². The Morgan fingerprint density at radius 2 is 2.05 bits per heavy atom. The van der Waals surface area contributed by atoms with E-state index in [-0.39, 0.29) is 30.5 Å². The standard InChI is InChI=1S/C15H19NO2.ClH/c1-16-12(10-11-6-3-2-4-7-11)15-13(17)8-5-9-14(15)18-16;/h2-4,6-7,12,14-15H,5,8-10H2,1H3;1H. The summed E-state index contributed by atoms with van der Waals surface area (Å²) < 4.78 is 0. The molecule has 1 aliphatic carbocycles. The molecule has 1 heterocycles. The summed E-state index contributed by atoms with van der Waals surface area (Å²) in [6, 6.07) is 10.6. The number of ketones is 1. The van der Waals surface area contributed by atoms with E-state index in [0.717, 1.165) is 25.7 Å². The largest absolute Gasteiger partial charge is 0.299 e. The number of fused-ring (bicyclic) bond motifs is 1. The molecular weight excluding hydrogens is 262 g/mol. The maximum absolute atomic E-state index is 12.1. The molecule has 2 fully saturated rings. The lowest BCUT2D eigenvalue weighted by Crippen LogP contribution is -2.38. The number of likely N-dealkylation sites (N-methyl/N-ethyl adjacent to an activating group) is 1. The first-order valence-electron chi connectivity index (χ1n) is 6.72. The van der Waals surface area contributed by atoms with Crippen LogP contribution in [-0.4, -0.2) is 30.0 Å². The number of Topliss-reactive ketones (excluding diaryl/α,β-unsaturated/α-hetero) is 1. The topological polar surface area (TPSA) is 29.5 Å². The molecule has 1 saturated heterocycles. The quantitative estimate of drug-likeness (QED) is 0.835. The van der Waals surface area contributed by atoms with Gasteiger partial charge in [-0.2, -0.15) is 5.06 Å². The second-order valence-electron chi connectivity index (χ2n) is 5.33. The third-order valence-electron chi connectivity index (χ3n) is 4.16. The number of carbonyl (C=O) groups is 1. The average molecular weight is 282 g/mol. The molecule has 104 valence electrons. The molecule has 0 spiro atoms. The van der Waals surface area contributed by atoms with Gasteiger partial charge in [-0.15, -0.1) is 12.4 Å². The molecule has 0 bridgehead atoms. The van der Waals surface area contributed by atoms with Crippen LogP contribution in [0.15, 0.2) is 30.3 Å². The Kier molecular flexibility index (Phi) is 4.61. The van der Waals surface area contributed by atoms with E-state index in [1.165, 1.54) is 5.56 Å². The van der Waals surface area contributed by atoms with Crippen LogP contribution in [0.5, 0.6) is 0 Å². The Labute approximate surface area is 120 Å². The zero-order chi connectivity index (χ0) is 12.5. The minimum absolute atomic E-state index is 0. The number of hydroxylamine groups is 2. The van der Waals surface area contributed by atoms with Crippen LogP contribution in [0.4, 0.5) is 0 Å². The van der Waals surface area contributed by atoms with Gasteiger partial charge in [-0.1, -0.05) is 30.3 Å². The molecule has 3 nitrogen and oxygen atoms in total. The molecule has 0 amide bonds. The van der Waals surface area contributed by atoms with Crippen molar-refractivity contribution in [1.82, 2.24) is 5.06 Å². The summed E-state index contributed by atoms with van der Waals surface area (Å²) in [5, 5.41) is 1.91. The Bertz CT molecular complexity index is 437. The van der Waals surface area contributed by atoms with Crippen LogP contribution in [0.25, 0.3) is 0 Å². The molecule has 1 saturated carbocycles. The minimum Gasteiger partial charge on any atom is -0.299 e. The highest BCUT2D eigenvalue weighted by Crippen LogP contribution is 2.36. The number of carbonyl (C=O) groups excluding carboxylic acids is 1. The van der Waals surface area contributed by atoms with Gasteiger partial charge in [-0.05, 0) is 24.8 Å². The van der Waals surface area contributed by atoms with E-state index >= 15 is 0 Å². The van der Waals surface area contributed by atoms with Crippen molar-refractivity contribution in [1.29, 1.82) is 0 Å². The summed E-state index contributed by atoms with van der Waals surface area (Å²) in [7, 11) is 1.96. The highest BCUT2D eigenvalue weighted by atomic mass is 35.5. The van der Waals surface area contributed by atoms with Crippen molar-refractivity contribution in [3.05, 3.63) is 35.9 Å². The van der Waals surface area contributed by atoms with Crippen molar-refractivity contribution in [2.24, 2.45) is 5.92 Å². The molecule has 4 heteroatoms. The molecule has 1 aromatic carbocycles. The van der Waals surface area contributed by atoms with Crippen LogP contribution >= 0.6 is 12.4 Å². The van der Waals surface area contributed by atoms with Crippen molar-refractivity contribution in [3.63, 3.8) is 0 Å². The number of hydrogen-bond acceptors (Lipinski definition) is 3. The van der Waals surface area contributed by atoms with Crippen molar-refractivity contribution >= 4 is 18.2 Å². The summed E-state index contributed by atoms with van der Waals surface area (Å²) in [4.78, 5) is 17.9. The monoisotopic (exact) mass is 281 g/mol. The van der Waals surface area contributed by atoms with E-state index < -0.39 is 0 Å². The van der Waals surface area contributed by atoms with Gasteiger partial charge < -0.3 is 0 Å². The first kappa shape index (κ1) is 14.5. The lowest BCUT2D eigenvalue weighted by molar-refractivity contribution is -0.149. The second kappa shape index (κ2) is 6.04. The fourth-order valence-corrected chi connectivity index (χ4v) is 3.24. The van der Waals surface area contributed by atoms with Gasteiger partial charge in [0.05, 0.1) is 18.1 Å². The number of halogens is 1. The van der Waals surface area contributed by atoms with E-state index in [2.05, 4.69) is 12.1 Å². The summed E-state index contributed by atoms with van der Waals surface area (Å²) in [5.74, 6) is 0.459. The predicted molar refractivity (Wildman–Crippen MR) is 76.2 cm³/mol. The third kappa shape index (κ3) is 2.83. The van der Waals surface area contributed by atoms with E-state index in [1.807, 2.05) is 30.3 Å². The van der Waals surface area contributed by atoms with Gasteiger partial charge in [0, 0.05) is 13.5 Å². The Morgan fingerprint density at radius 3 is 2.79 bits per heavy atom. The molecular formula is C15H20ClNO2. The summed E-state index contributed by atoms with van der Waals surface area (Å²) in [5.41, 5.74) is 1.27. The summed E-state index contributed by atoms with van der Waals surface area (Å²) in [6.45, 7) is 0. The smallest absolute Gasteiger partial charge is 0.140 e. The van der Waals surface area contributed by atoms with Crippen LogP contribution in [0, 0.1) is 5.92 Å². The Morgan fingerprint density at radius 1 is 1.32 bits per heavy atom. The molecule has 1 aliphatic heterocycles. The van der Waals surface area contributed by atoms with Crippen molar-refractivity contribution in [2.75, 3.05) is 7.05 Å². The van der Waals surface area contributed by atoms with Crippen LogP contribution in [0.2, 0.25) is 0 Å². The van der Waals surface area contributed by atoms with Gasteiger partial charge >= 0.3 is 0 Å². The van der Waals surface area contributed by atoms with Gasteiger partial charge in [0.15, 0.2) is 0 Å². The fraction of sp³-hybridized carbons (Fsp3) is 0.533. The van der Waals surface area contributed by atoms with Gasteiger partial charge in [-0.3, -0.25) is 9.63 Å². The maximum Gasteiger partial charge on any atom is 0.140 e. The van der Waals surface area contributed by atoms with Crippen LogP contribution < -0.4 is 0 Å². The molecule has 19 heavy (non-hydrogen) atoms. The average Bonchev–Trinajstić information content (AvgIpc) is 2.69. The first-order valence-corrected chi connectivity index (χ1v) is 6.72. The molecule has 0 N–H and O–H groups in total. The highest BCUT2D eigenvalue weighted by molar-refractivity contribution is 5.85. The number of benzene rings is 1. The van der Waals surface area contributed by atoms with Gasteiger partial charge in [0.2, 0.25) is 0 Å². The van der Waals surface area contributed by atoms with E-state index in [4.69, 9.17) is 4.84 Å². The lowest BCUT2D eigenvalue weighted by Gasteiger charge is -2.25. The van der Waals surface area contributed by atoms with E-state index in [1.54, 1.807) is 0 Å². The summed E-state index contributed by atoms with van der Waals surface area (Å²) in [6.07, 6.45) is 3.73. The molecule has 3 unspecified atom stereocenters. The van der Waals surface area contributed by atoms with Crippen molar-refractivity contribution in [2.45, 2.75) is 37.8 Å². The van der Waals surface area contributed by atoms with Gasteiger partial charge in [0.25, 0.3) is 0 Å². The van der Waals surface area contributed by atoms with Crippen LogP contribution in [0.1, 0.15) is 24.8 Å². The number of hydrogen-bond donors (Lipinski definition) is 0. The van der Waals surface area contributed by atoms with Crippen molar-refractivity contribution < 1.29 is 9.63 Å². The lowest BCUT2D eigenvalue weighted by atomic mass is 9.79. The molecule has 3 rings (SSSR count). The highest BCUT2D eigenvalue weighted by Gasteiger charge is 2.46. The van der Waals surface area contributed by atoms with Crippen LogP contribution in [0.3, 0.4) is 0 Å². The first-order chi connectivity index (χ1) is 8.75. The zero-order valence-electron chi connectivity index (χ0n) is 11.1. The van der Waals surface area contributed by atoms with E-state index in [9.17, 15) is 4.79 Å². The van der Waals surface area contributed by atoms with Crippen molar-refractivity contribution in [3.8, 4) is 0 Å². The maximum atomic E-state index is 12.1. The molecule has 2 aliphatic rings. The van der Waals surface area contributed by atoms with Crippen LogP contribution in [-0.2, 0) is 16.1 Å². The molecule has 3 atom stereocenters. The minimum atomic E-state index is 0. The zero-order valence-corrected chi connectivity index (χ0v) is 11.9. The predicted octanol–water partition coefficient (Wildman–Crippen LogP) is 2.63. The Hall–Kier alpha value is -0.900. The van der Waals surface area contributed by atoms with Gasteiger partial charge in [-0.25, -0.2) is 0 Å². The number of nitrogens with zero attached hydrogens (tertiary/aromatic N) is 1. The second-order valence-corrected chi connectivity index (χ2v) is 5.33. The SMILES string of the molecule is CN1OC2CCCC(=O)C2C1Cc1ccccc1.Cl. The summed E-state index contributed by atoms with van der Waals surface area (Å²) >= 11 is 0. The van der Waals surface area contributed by atoms with Gasteiger partial charge in [0.1, 0.15) is 5.78 Å². The fourth-order valence-electron chi connectivity index (χ4n) is 3.24. The third-order valence-corrected chi connectivity index (χ3v) is 4.16. The number of rotatable bonds is 2. The molecule has 0 radical (unpaired) electrons. The normalized spacial score (nSPS) is 30.8. The Balaban J connectivity index is 0.00000133. The molecule has 1 aromatic rings.